The Morgan fingerprint density at radius 3 is 2.40 bits per heavy atom. The van der Waals surface area contributed by atoms with Gasteiger partial charge in [0.15, 0.2) is 4.80 Å². The molecule has 4 aromatic rings. The number of benzene rings is 2. The van der Waals surface area contributed by atoms with Gasteiger partial charge in [-0.2, -0.15) is 0 Å². The second-order valence-corrected chi connectivity index (χ2v) is 10.8. The standard InChI is InChI=1S/C32H31N3O6S/c1-7-41-31(38)27-19(3)33-32-35(28(27)24-10-8-9-11-25(24)39-5)29(36)26(42-32)17-22-16-18(2)34(20(22)4)23-14-12-21(13-15-23)30(37)40-6/h8-17,28H,7H2,1-6H3/b26-17+/t28-/m0/s1. The summed E-state index contributed by atoms with van der Waals surface area (Å²) >= 11 is 1.27. The van der Waals surface area contributed by atoms with Crippen LogP contribution in [0.5, 0.6) is 5.75 Å². The Balaban J connectivity index is 1.66. The normalized spacial score (nSPS) is 14.8. The topological polar surface area (TPSA) is 101 Å². The molecular formula is C32H31N3O6S. The number of allylic oxidation sites excluding steroid dienone is 1. The van der Waals surface area contributed by atoms with E-state index in [1.54, 1.807) is 43.7 Å². The molecule has 2 aromatic heterocycles. The van der Waals surface area contributed by atoms with Crippen LogP contribution in [0.4, 0.5) is 0 Å². The van der Waals surface area contributed by atoms with E-state index in [0.717, 1.165) is 22.6 Å². The second kappa shape index (κ2) is 11.7. The number of thiazole rings is 1. The number of carbonyl (C=O) groups excluding carboxylic acids is 2. The van der Waals surface area contributed by atoms with Crippen molar-refractivity contribution in [2.45, 2.75) is 33.7 Å². The third-order valence-corrected chi connectivity index (χ3v) is 8.24. The average molecular weight is 586 g/mol. The fraction of sp³-hybridized carbons (Fsp3) is 0.250. The molecule has 216 valence electrons. The summed E-state index contributed by atoms with van der Waals surface area (Å²) in [4.78, 5) is 44.2. The van der Waals surface area contributed by atoms with E-state index in [4.69, 9.17) is 14.2 Å². The number of rotatable bonds is 7. The smallest absolute Gasteiger partial charge is 0.338 e. The highest BCUT2D eigenvalue weighted by Crippen LogP contribution is 2.35. The van der Waals surface area contributed by atoms with Crippen LogP contribution in [0, 0.1) is 13.8 Å². The first kappa shape index (κ1) is 28.8. The van der Waals surface area contributed by atoms with E-state index in [2.05, 4.69) is 9.56 Å². The van der Waals surface area contributed by atoms with Crippen LogP contribution in [-0.2, 0) is 14.3 Å². The minimum atomic E-state index is -0.764. The van der Waals surface area contributed by atoms with Gasteiger partial charge in [-0.25, -0.2) is 14.6 Å². The molecular weight excluding hydrogens is 554 g/mol. The van der Waals surface area contributed by atoms with E-state index in [0.29, 0.717) is 37.5 Å². The van der Waals surface area contributed by atoms with Gasteiger partial charge in [-0.3, -0.25) is 9.36 Å². The number of nitrogens with zero attached hydrogens (tertiary/aromatic N) is 3. The van der Waals surface area contributed by atoms with Gasteiger partial charge in [0, 0.05) is 22.6 Å². The van der Waals surface area contributed by atoms with Crippen LogP contribution in [0.1, 0.15) is 52.8 Å². The Bertz CT molecular complexity index is 1910. The van der Waals surface area contributed by atoms with E-state index in [9.17, 15) is 14.4 Å². The monoisotopic (exact) mass is 585 g/mol. The first-order valence-corrected chi connectivity index (χ1v) is 14.2. The van der Waals surface area contributed by atoms with Gasteiger partial charge in [0.2, 0.25) is 0 Å². The second-order valence-electron chi connectivity index (χ2n) is 9.74. The molecule has 0 N–H and O–H groups in total. The van der Waals surface area contributed by atoms with Crippen molar-refractivity contribution in [2.75, 3.05) is 20.8 Å². The van der Waals surface area contributed by atoms with Crippen LogP contribution >= 0.6 is 11.3 Å². The lowest BCUT2D eigenvalue weighted by atomic mass is 9.95. The molecule has 0 radical (unpaired) electrons. The molecule has 9 nitrogen and oxygen atoms in total. The van der Waals surface area contributed by atoms with E-state index < -0.39 is 18.0 Å². The van der Waals surface area contributed by atoms with Gasteiger partial charge in [-0.1, -0.05) is 29.5 Å². The molecule has 1 atom stereocenters. The van der Waals surface area contributed by atoms with Crippen molar-refractivity contribution in [2.24, 2.45) is 4.99 Å². The predicted octanol–water partition coefficient (Wildman–Crippen LogP) is 4.00. The van der Waals surface area contributed by atoms with Gasteiger partial charge in [0.1, 0.15) is 11.8 Å². The van der Waals surface area contributed by atoms with E-state index >= 15 is 0 Å². The summed E-state index contributed by atoms with van der Waals surface area (Å²) in [6, 6.07) is 15.7. The average Bonchev–Trinajstić information content (AvgIpc) is 3.45. The number of para-hydroxylation sites is 1. The van der Waals surface area contributed by atoms with Crippen LogP contribution in [-0.4, -0.2) is 41.9 Å². The molecule has 0 aliphatic carbocycles. The van der Waals surface area contributed by atoms with E-state index in [-0.39, 0.29) is 12.2 Å². The van der Waals surface area contributed by atoms with E-state index in [1.807, 2.05) is 56.3 Å². The molecule has 5 rings (SSSR count). The van der Waals surface area contributed by atoms with Gasteiger partial charge in [-0.05, 0) is 75.7 Å². The molecule has 0 bridgehead atoms. The molecule has 42 heavy (non-hydrogen) atoms. The molecule has 10 heteroatoms. The lowest BCUT2D eigenvalue weighted by molar-refractivity contribution is -0.139. The molecule has 1 aliphatic heterocycles. The highest BCUT2D eigenvalue weighted by Gasteiger charge is 2.35. The molecule has 0 amide bonds. The highest BCUT2D eigenvalue weighted by molar-refractivity contribution is 7.07. The van der Waals surface area contributed by atoms with Crippen molar-refractivity contribution >= 4 is 29.4 Å². The van der Waals surface area contributed by atoms with Gasteiger partial charge in [0.05, 0.1) is 42.2 Å². The third-order valence-electron chi connectivity index (χ3n) is 7.25. The van der Waals surface area contributed by atoms with Crippen LogP contribution in [0.2, 0.25) is 0 Å². The van der Waals surface area contributed by atoms with Gasteiger partial charge < -0.3 is 18.8 Å². The fourth-order valence-electron chi connectivity index (χ4n) is 5.31. The maximum Gasteiger partial charge on any atom is 0.338 e. The van der Waals surface area contributed by atoms with E-state index in [1.165, 1.54) is 18.4 Å². The Labute approximate surface area is 246 Å². The van der Waals surface area contributed by atoms with Crippen LogP contribution in [0.3, 0.4) is 0 Å². The number of hydrogen-bond donors (Lipinski definition) is 0. The highest BCUT2D eigenvalue weighted by atomic mass is 32.1. The number of aryl methyl sites for hydroxylation is 1. The maximum atomic E-state index is 14.1. The first-order valence-electron chi connectivity index (χ1n) is 13.4. The summed E-state index contributed by atoms with van der Waals surface area (Å²) in [5, 5.41) is 0. The Morgan fingerprint density at radius 2 is 1.74 bits per heavy atom. The zero-order valence-electron chi connectivity index (χ0n) is 24.3. The predicted molar refractivity (Wildman–Crippen MR) is 160 cm³/mol. The van der Waals surface area contributed by atoms with Crippen molar-refractivity contribution in [3.8, 4) is 11.4 Å². The van der Waals surface area contributed by atoms with Crippen molar-refractivity contribution in [3.05, 3.63) is 114 Å². The summed E-state index contributed by atoms with van der Waals surface area (Å²) in [7, 11) is 2.91. The molecule has 0 fully saturated rings. The van der Waals surface area contributed by atoms with Crippen LogP contribution < -0.4 is 19.6 Å². The Morgan fingerprint density at radius 1 is 1.02 bits per heavy atom. The lowest BCUT2D eigenvalue weighted by Gasteiger charge is -2.25. The summed E-state index contributed by atoms with van der Waals surface area (Å²) in [6.45, 7) is 7.65. The fourth-order valence-corrected chi connectivity index (χ4v) is 6.35. The Kier molecular flexibility index (Phi) is 8.00. The van der Waals surface area contributed by atoms with Gasteiger partial charge in [-0.15, -0.1) is 0 Å². The number of carbonyl (C=O) groups is 2. The number of ether oxygens (including phenoxy) is 3. The van der Waals surface area contributed by atoms with Crippen LogP contribution in [0.25, 0.3) is 11.8 Å². The van der Waals surface area contributed by atoms with Gasteiger partial charge >= 0.3 is 11.9 Å². The first-order chi connectivity index (χ1) is 20.2. The number of esters is 2. The minimum absolute atomic E-state index is 0.194. The maximum absolute atomic E-state index is 14.1. The summed E-state index contributed by atoms with van der Waals surface area (Å²) < 4.78 is 19.9. The van der Waals surface area contributed by atoms with Crippen LogP contribution in [0.15, 0.2) is 75.7 Å². The Hall–Kier alpha value is -4.70. The number of methoxy groups -OCH3 is 2. The van der Waals surface area contributed by atoms with Gasteiger partial charge in [0.25, 0.3) is 5.56 Å². The SMILES string of the molecule is CCOC(=O)C1=C(C)N=c2s/c(=C/c3cc(C)n(-c4ccc(C(=O)OC)cc4)c3C)c(=O)n2[C@H]1c1ccccc1OC. The molecule has 0 spiro atoms. The zero-order valence-corrected chi connectivity index (χ0v) is 25.1. The molecule has 1 aliphatic rings. The molecule has 0 saturated heterocycles. The summed E-state index contributed by atoms with van der Waals surface area (Å²) in [5.41, 5.74) is 5.29. The number of aromatic nitrogens is 2. The van der Waals surface area contributed by atoms with Crippen molar-refractivity contribution in [3.63, 3.8) is 0 Å². The summed E-state index contributed by atoms with van der Waals surface area (Å²) in [6.07, 6.45) is 1.86. The molecule has 3 heterocycles. The van der Waals surface area contributed by atoms with Crippen molar-refractivity contribution in [1.82, 2.24) is 9.13 Å². The quantitative estimate of drug-likeness (QED) is 0.304. The number of fused-ring (bicyclic) bond motifs is 1. The number of hydrogen-bond acceptors (Lipinski definition) is 8. The molecule has 0 saturated carbocycles. The zero-order chi connectivity index (χ0) is 30.1. The molecule has 2 aromatic carbocycles. The molecule has 0 unspecified atom stereocenters. The van der Waals surface area contributed by atoms with Crippen molar-refractivity contribution in [1.29, 1.82) is 0 Å². The van der Waals surface area contributed by atoms with Crippen molar-refractivity contribution < 1.29 is 23.8 Å². The third kappa shape index (κ3) is 4.98. The minimum Gasteiger partial charge on any atom is -0.496 e. The largest absolute Gasteiger partial charge is 0.496 e. The summed E-state index contributed by atoms with van der Waals surface area (Å²) in [5.74, 6) is -0.368. The lowest BCUT2D eigenvalue weighted by Crippen LogP contribution is -2.40.